The Bertz CT molecular complexity index is 1010. The van der Waals surface area contributed by atoms with E-state index in [0.29, 0.717) is 27.8 Å². The van der Waals surface area contributed by atoms with Gasteiger partial charge in [0, 0.05) is 25.5 Å². The summed E-state index contributed by atoms with van der Waals surface area (Å²) < 4.78 is 5.49. The Balaban J connectivity index is 2.21. The average Bonchev–Trinajstić information content (AvgIpc) is 2.66. The highest BCUT2D eigenvalue weighted by Crippen LogP contribution is 2.40. The molecule has 0 fully saturated rings. The number of H-pyrrole nitrogens is 1. The zero-order chi connectivity index (χ0) is 21.3. The second kappa shape index (κ2) is 8.32. The normalized spacial score (nSPS) is 15.8. The van der Waals surface area contributed by atoms with Crippen LogP contribution in [0.25, 0.3) is 0 Å². The second-order valence-corrected chi connectivity index (χ2v) is 8.17. The van der Waals surface area contributed by atoms with Crippen molar-refractivity contribution in [3.05, 3.63) is 57.0 Å². The smallest absolute Gasteiger partial charge is 0.337 e. The van der Waals surface area contributed by atoms with Gasteiger partial charge in [0.15, 0.2) is 5.16 Å². The van der Waals surface area contributed by atoms with Gasteiger partial charge in [-0.3, -0.25) is 4.79 Å². The fourth-order valence-electron chi connectivity index (χ4n) is 3.37. The van der Waals surface area contributed by atoms with Crippen LogP contribution in [-0.4, -0.2) is 42.4 Å². The van der Waals surface area contributed by atoms with Crippen molar-refractivity contribution in [3.8, 4) is 0 Å². The highest BCUT2D eigenvalue weighted by molar-refractivity contribution is 7.98. The van der Waals surface area contributed by atoms with E-state index in [2.05, 4.69) is 15.3 Å². The fraction of sp³-hybridized carbons (Fsp3) is 0.381. The van der Waals surface area contributed by atoms with Crippen molar-refractivity contribution in [1.29, 1.82) is 0 Å². The summed E-state index contributed by atoms with van der Waals surface area (Å²) in [5.41, 5.74) is 3.07. The van der Waals surface area contributed by atoms with E-state index in [-0.39, 0.29) is 11.7 Å². The van der Waals surface area contributed by atoms with Crippen molar-refractivity contribution >= 4 is 29.2 Å². The number of hydrogen-bond donors (Lipinski definition) is 2. The number of rotatable bonds is 5. The molecule has 1 aliphatic heterocycles. The first-order valence-corrected chi connectivity index (χ1v) is 10.6. The van der Waals surface area contributed by atoms with Gasteiger partial charge in [-0.1, -0.05) is 23.9 Å². The summed E-state index contributed by atoms with van der Waals surface area (Å²) in [5.74, 6) is -0.537. The van der Waals surface area contributed by atoms with Crippen molar-refractivity contribution in [3.63, 3.8) is 0 Å². The molecule has 1 atom stereocenters. The molecule has 2 heterocycles. The lowest BCUT2D eigenvalue weighted by atomic mass is 9.82. The van der Waals surface area contributed by atoms with E-state index in [1.807, 2.05) is 56.4 Å². The molecule has 0 saturated carbocycles. The molecule has 2 N–H and O–H groups in total. The van der Waals surface area contributed by atoms with E-state index in [9.17, 15) is 9.59 Å². The van der Waals surface area contributed by atoms with Crippen LogP contribution in [0.5, 0.6) is 0 Å². The maximum absolute atomic E-state index is 13.0. The Morgan fingerprint density at radius 1 is 1.24 bits per heavy atom. The first-order valence-electron chi connectivity index (χ1n) is 9.37. The number of thioether (sulfide) groups is 1. The summed E-state index contributed by atoms with van der Waals surface area (Å²) in [5, 5.41) is 3.65. The predicted molar refractivity (Wildman–Crippen MR) is 117 cm³/mol. The molecule has 0 spiro atoms. The minimum atomic E-state index is -0.569. The Morgan fingerprint density at radius 2 is 1.90 bits per heavy atom. The molecule has 3 rings (SSSR count). The van der Waals surface area contributed by atoms with Crippen LogP contribution in [-0.2, 0) is 9.53 Å². The fourth-order valence-corrected chi connectivity index (χ4v) is 3.75. The van der Waals surface area contributed by atoms with Crippen LogP contribution in [0.3, 0.4) is 0 Å². The molecule has 29 heavy (non-hydrogen) atoms. The molecule has 1 aromatic carbocycles. The van der Waals surface area contributed by atoms with Gasteiger partial charge in [0.1, 0.15) is 5.82 Å². The minimum Gasteiger partial charge on any atom is -0.460 e. The number of esters is 1. The third kappa shape index (κ3) is 4.17. The summed E-state index contributed by atoms with van der Waals surface area (Å²) in [6.45, 7) is 5.42. The van der Waals surface area contributed by atoms with Gasteiger partial charge >= 0.3 is 5.97 Å². The first kappa shape index (κ1) is 21.0. The van der Waals surface area contributed by atoms with E-state index in [4.69, 9.17) is 4.74 Å². The molecule has 0 aliphatic carbocycles. The summed E-state index contributed by atoms with van der Waals surface area (Å²) >= 11 is 1.35. The monoisotopic (exact) mass is 414 g/mol. The molecule has 1 aromatic heterocycles. The van der Waals surface area contributed by atoms with E-state index in [1.54, 1.807) is 13.8 Å². The van der Waals surface area contributed by atoms with Gasteiger partial charge < -0.3 is 19.9 Å². The van der Waals surface area contributed by atoms with E-state index in [0.717, 1.165) is 11.3 Å². The van der Waals surface area contributed by atoms with Crippen molar-refractivity contribution in [2.45, 2.75) is 37.9 Å². The van der Waals surface area contributed by atoms with Gasteiger partial charge in [0.25, 0.3) is 5.56 Å². The number of allylic oxidation sites excluding steroid dienone is 1. The molecule has 0 radical (unpaired) electrons. The predicted octanol–water partition coefficient (Wildman–Crippen LogP) is 3.34. The lowest BCUT2D eigenvalue weighted by Crippen LogP contribution is -2.31. The van der Waals surface area contributed by atoms with E-state index < -0.39 is 11.9 Å². The van der Waals surface area contributed by atoms with Crippen LogP contribution in [0.1, 0.15) is 37.8 Å². The Labute approximate surface area is 174 Å². The minimum absolute atomic E-state index is 0.267. The SMILES string of the molecule is CSc1nc2c(c(=O)[nH]1)C(c1ccc(N(C)C)cc1)C(C(=O)OC(C)C)=C(C)N2. The zero-order valence-electron chi connectivity index (χ0n) is 17.5. The van der Waals surface area contributed by atoms with Crippen molar-refractivity contribution in [1.82, 2.24) is 9.97 Å². The lowest BCUT2D eigenvalue weighted by Gasteiger charge is -2.29. The zero-order valence-corrected chi connectivity index (χ0v) is 18.3. The Kier molecular flexibility index (Phi) is 6.02. The summed E-state index contributed by atoms with van der Waals surface area (Å²) in [6.07, 6.45) is 1.58. The molecule has 0 bridgehead atoms. The van der Waals surface area contributed by atoms with Gasteiger partial charge in [-0.15, -0.1) is 0 Å². The van der Waals surface area contributed by atoms with Crippen molar-refractivity contribution < 1.29 is 9.53 Å². The number of aromatic amines is 1. The summed E-state index contributed by atoms with van der Waals surface area (Å²) in [7, 11) is 3.92. The second-order valence-electron chi connectivity index (χ2n) is 7.37. The molecule has 154 valence electrons. The van der Waals surface area contributed by atoms with Gasteiger partial charge in [0.05, 0.1) is 23.2 Å². The summed E-state index contributed by atoms with van der Waals surface area (Å²) in [4.78, 5) is 35.2. The third-order valence-electron chi connectivity index (χ3n) is 4.72. The standard InChI is InChI=1S/C21H26N4O3S/c1-11(2)28-20(27)15-12(3)22-18-17(19(26)24-21(23-18)29-6)16(15)13-7-9-14(10-8-13)25(4)5/h7-11,16H,1-6H3,(H2,22,23,24,26). The van der Waals surface area contributed by atoms with Crippen LogP contribution in [0.2, 0.25) is 0 Å². The van der Waals surface area contributed by atoms with E-state index >= 15 is 0 Å². The number of benzene rings is 1. The molecule has 1 unspecified atom stereocenters. The van der Waals surface area contributed by atoms with Crippen LogP contribution in [0.15, 0.2) is 45.5 Å². The molecular weight excluding hydrogens is 388 g/mol. The number of nitrogens with zero attached hydrogens (tertiary/aromatic N) is 2. The third-order valence-corrected chi connectivity index (χ3v) is 5.30. The molecular formula is C21H26N4O3S. The van der Waals surface area contributed by atoms with Crippen molar-refractivity contribution in [2.75, 3.05) is 30.6 Å². The van der Waals surface area contributed by atoms with E-state index in [1.165, 1.54) is 11.8 Å². The molecule has 1 aliphatic rings. The van der Waals surface area contributed by atoms with Crippen molar-refractivity contribution in [2.24, 2.45) is 0 Å². The molecule has 0 saturated heterocycles. The number of anilines is 2. The number of ether oxygens (including phenoxy) is 1. The quantitative estimate of drug-likeness (QED) is 0.441. The number of aromatic nitrogens is 2. The highest BCUT2D eigenvalue weighted by atomic mass is 32.2. The first-order chi connectivity index (χ1) is 13.7. The Morgan fingerprint density at radius 3 is 2.45 bits per heavy atom. The number of fused-ring (bicyclic) bond motifs is 1. The number of nitrogens with one attached hydrogen (secondary N) is 2. The van der Waals surface area contributed by atoms with Gasteiger partial charge in [-0.2, -0.15) is 0 Å². The molecule has 7 nitrogen and oxygen atoms in total. The van der Waals surface area contributed by atoms with Gasteiger partial charge in [0.2, 0.25) is 0 Å². The highest BCUT2D eigenvalue weighted by Gasteiger charge is 2.36. The van der Waals surface area contributed by atoms with Crippen LogP contribution < -0.4 is 15.8 Å². The van der Waals surface area contributed by atoms with Crippen LogP contribution >= 0.6 is 11.8 Å². The topological polar surface area (TPSA) is 87.3 Å². The average molecular weight is 415 g/mol. The summed E-state index contributed by atoms with van der Waals surface area (Å²) in [6, 6.07) is 7.81. The maximum Gasteiger partial charge on any atom is 0.337 e. The molecule has 2 aromatic rings. The molecule has 8 heteroatoms. The number of hydrogen-bond acceptors (Lipinski definition) is 7. The lowest BCUT2D eigenvalue weighted by molar-refractivity contribution is -0.143. The molecule has 0 amide bonds. The van der Waals surface area contributed by atoms with Gasteiger partial charge in [-0.25, -0.2) is 9.78 Å². The largest absolute Gasteiger partial charge is 0.460 e. The number of carbonyl (C=O) groups is 1. The van der Waals surface area contributed by atoms with Gasteiger partial charge in [-0.05, 0) is 44.7 Å². The number of carbonyl (C=O) groups excluding carboxylic acids is 1. The maximum atomic E-state index is 13.0. The van der Waals surface area contributed by atoms with Crippen LogP contribution in [0.4, 0.5) is 11.5 Å². The van der Waals surface area contributed by atoms with Crippen LogP contribution in [0, 0.1) is 0 Å². The Hall–Kier alpha value is -2.74.